The summed E-state index contributed by atoms with van der Waals surface area (Å²) in [5.41, 5.74) is 4.31. The van der Waals surface area contributed by atoms with E-state index in [1.165, 1.54) is 10.4 Å². The minimum absolute atomic E-state index is 0.284. The van der Waals surface area contributed by atoms with Gasteiger partial charge in [0.2, 0.25) is 0 Å². The van der Waals surface area contributed by atoms with E-state index in [4.69, 9.17) is 4.74 Å². The average molecular weight is 261 g/mol. The van der Waals surface area contributed by atoms with E-state index in [9.17, 15) is 0 Å². The van der Waals surface area contributed by atoms with Gasteiger partial charge >= 0.3 is 0 Å². The van der Waals surface area contributed by atoms with Crippen LogP contribution in [0.4, 0.5) is 0 Å². The largest absolute Gasteiger partial charge is 0.374 e. The summed E-state index contributed by atoms with van der Waals surface area (Å²) in [7, 11) is 0. The average Bonchev–Trinajstić information content (AvgIpc) is 2.81. The van der Waals surface area contributed by atoms with Gasteiger partial charge < -0.3 is 4.74 Å². The molecule has 0 aliphatic heterocycles. The van der Waals surface area contributed by atoms with Crippen molar-refractivity contribution in [2.75, 3.05) is 0 Å². The van der Waals surface area contributed by atoms with Crippen LogP contribution in [0.15, 0.2) is 35.8 Å². The van der Waals surface area contributed by atoms with E-state index in [-0.39, 0.29) is 6.10 Å². The smallest absolute Gasteiger partial charge is 0.0797 e. The number of thiazole rings is 1. The Balaban J connectivity index is 1.73. The molecule has 2 aromatic rings. The van der Waals surface area contributed by atoms with Crippen molar-refractivity contribution in [3.63, 3.8) is 0 Å². The maximum absolute atomic E-state index is 5.85. The number of aryl methyl sites for hydroxylation is 2. The SMILES string of the molecule is Cc1ncsc1CCC(C)OCc1ccccc1. The molecule has 18 heavy (non-hydrogen) atoms. The van der Waals surface area contributed by atoms with Crippen LogP contribution in [0.5, 0.6) is 0 Å². The van der Waals surface area contributed by atoms with Crippen molar-refractivity contribution in [1.82, 2.24) is 4.98 Å². The fourth-order valence-electron chi connectivity index (χ4n) is 1.80. The molecule has 0 N–H and O–H groups in total. The highest BCUT2D eigenvalue weighted by Gasteiger charge is 2.06. The molecule has 0 spiro atoms. The lowest BCUT2D eigenvalue weighted by Gasteiger charge is -2.12. The third-order valence-electron chi connectivity index (χ3n) is 3.00. The third-order valence-corrected chi connectivity index (χ3v) is 3.99. The van der Waals surface area contributed by atoms with E-state index in [1.807, 2.05) is 23.7 Å². The van der Waals surface area contributed by atoms with E-state index in [0.717, 1.165) is 18.5 Å². The van der Waals surface area contributed by atoms with Crippen molar-refractivity contribution in [2.45, 2.75) is 39.4 Å². The second-order valence-corrected chi connectivity index (χ2v) is 5.45. The van der Waals surface area contributed by atoms with E-state index in [0.29, 0.717) is 6.61 Å². The predicted octanol–water partition coefficient (Wildman–Crippen LogP) is 3.99. The van der Waals surface area contributed by atoms with E-state index < -0.39 is 0 Å². The highest BCUT2D eigenvalue weighted by atomic mass is 32.1. The number of hydrogen-bond donors (Lipinski definition) is 0. The van der Waals surface area contributed by atoms with Crippen molar-refractivity contribution in [2.24, 2.45) is 0 Å². The highest BCUT2D eigenvalue weighted by Crippen LogP contribution is 2.16. The molecule has 1 aromatic carbocycles. The van der Waals surface area contributed by atoms with Crippen LogP contribution in [0.1, 0.15) is 29.5 Å². The summed E-state index contributed by atoms with van der Waals surface area (Å²) in [5, 5.41) is 0. The number of benzene rings is 1. The summed E-state index contributed by atoms with van der Waals surface area (Å²) >= 11 is 1.74. The summed E-state index contributed by atoms with van der Waals surface area (Å²) < 4.78 is 5.85. The third kappa shape index (κ3) is 3.93. The van der Waals surface area contributed by atoms with Gasteiger partial charge in [-0.15, -0.1) is 11.3 Å². The van der Waals surface area contributed by atoms with Crippen LogP contribution < -0.4 is 0 Å². The van der Waals surface area contributed by atoms with Crippen molar-refractivity contribution in [3.05, 3.63) is 52.0 Å². The van der Waals surface area contributed by atoms with Gasteiger partial charge in [-0.3, -0.25) is 0 Å². The van der Waals surface area contributed by atoms with Gasteiger partial charge in [-0.25, -0.2) is 4.98 Å². The van der Waals surface area contributed by atoms with Crippen LogP contribution in [0, 0.1) is 6.92 Å². The molecule has 0 fully saturated rings. The zero-order chi connectivity index (χ0) is 12.8. The highest BCUT2D eigenvalue weighted by molar-refractivity contribution is 7.09. The number of hydrogen-bond acceptors (Lipinski definition) is 3. The van der Waals surface area contributed by atoms with Crippen molar-refractivity contribution in [1.29, 1.82) is 0 Å². The molecular formula is C15H19NOS. The standard InChI is InChI=1S/C15H19NOS/c1-12(8-9-15-13(2)16-11-18-15)17-10-14-6-4-3-5-7-14/h3-7,11-12H,8-10H2,1-2H3. The minimum atomic E-state index is 0.284. The lowest BCUT2D eigenvalue weighted by molar-refractivity contribution is 0.0479. The Morgan fingerprint density at radius 2 is 2.06 bits per heavy atom. The van der Waals surface area contributed by atoms with E-state index in [2.05, 4.69) is 31.0 Å². The van der Waals surface area contributed by atoms with Crippen LogP contribution >= 0.6 is 11.3 Å². The Hall–Kier alpha value is -1.19. The first-order chi connectivity index (χ1) is 8.75. The first-order valence-electron chi connectivity index (χ1n) is 6.30. The molecule has 96 valence electrons. The Kier molecular flexibility index (Phi) is 4.90. The summed E-state index contributed by atoms with van der Waals surface area (Å²) in [5.74, 6) is 0. The van der Waals surface area contributed by atoms with Gasteiger partial charge in [-0.2, -0.15) is 0 Å². The minimum Gasteiger partial charge on any atom is -0.374 e. The molecular weight excluding hydrogens is 242 g/mol. The maximum atomic E-state index is 5.85. The van der Waals surface area contributed by atoms with Gasteiger partial charge in [0.15, 0.2) is 0 Å². The predicted molar refractivity (Wildman–Crippen MR) is 75.9 cm³/mol. The van der Waals surface area contributed by atoms with Crippen LogP contribution in [0.3, 0.4) is 0 Å². The summed E-state index contributed by atoms with van der Waals surface area (Å²) in [4.78, 5) is 5.65. The molecule has 0 aliphatic rings. The lowest BCUT2D eigenvalue weighted by Crippen LogP contribution is -2.09. The summed E-state index contributed by atoms with van der Waals surface area (Å²) in [6, 6.07) is 10.3. The molecule has 1 atom stereocenters. The summed E-state index contributed by atoms with van der Waals surface area (Å²) in [6.07, 6.45) is 2.40. The van der Waals surface area contributed by atoms with Gasteiger partial charge in [0, 0.05) is 4.88 Å². The Bertz CT molecular complexity index is 466. The lowest BCUT2D eigenvalue weighted by atomic mass is 10.2. The topological polar surface area (TPSA) is 22.1 Å². The first-order valence-corrected chi connectivity index (χ1v) is 7.18. The molecule has 1 unspecified atom stereocenters. The van der Waals surface area contributed by atoms with E-state index >= 15 is 0 Å². The Labute approximate surface area is 113 Å². The number of rotatable bonds is 6. The molecule has 0 radical (unpaired) electrons. The quantitative estimate of drug-likeness (QED) is 0.784. The van der Waals surface area contributed by atoms with E-state index in [1.54, 1.807) is 11.3 Å². The molecule has 1 heterocycles. The zero-order valence-electron chi connectivity index (χ0n) is 10.9. The summed E-state index contributed by atoms with van der Waals surface area (Å²) in [6.45, 7) is 4.91. The Morgan fingerprint density at radius 1 is 1.28 bits per heavy atom. The second kappa shape index (κ2) is 6.66. The van der Waals surface area contributed by atoms with Crippen molar-refractivity contribution in [3.8, 4) is 0 Å². The molecule has 0 aliphatic carbocycles. The fourth-order valence-corrected chi connectivity index (χ4v) is 2.59. The zero-order valence-corrected chi connectivity index (χ0v) is 11.7. The fraction of sp³-hybridized carbons (Fsp3) is 0.400. The maximum Gasteiger partial charge on any atom is 0.0797 e. The van der Waals surface area contributed by atoms with Gasteiger partial charge in [-0.1, -0.05) is 30.3 Å². The molecule has 1 aromatic heterocycles. The van der Waals surface area contributed by atoms with Crippen molar-refractivity contribution >= 4 is 11.3 Å². The second-order valence-electron chi connectivity index (χ2n) is 4.51. The molecule has 0 bridgehead atoms. The molecule has 0 saturated carbocycles. The van der Waals surface area contributed by atoms with Gasteiger partial charge in [0.05, 0.1) is 23.9 Å². The van der Waals surface area contributed by atoms with Crippen LogP contribution in [0.2, 0.25) is 0 Å². The normalized spacial score (nSPS) is 12.6. The molecule has 2 nitrogen and oxygen atoms in total. The number of ether oxygens (including phenoxy) is 1. The van der Waals surface area contributed by atoms with Gasteiger partial charge in [-0.05, 0) is 32.3 Å². The van der Waals surface area contributed by atoms with Gasteiger partial charge in [0.25, 0.3) is 0 Å². The Morgan fingerprint density at radius 3 is 2.72 bits per heavy atom. The van der Waals surface area contributed by atoms with Gasteiger partial charge in [0.1, 0.15) is 0 Å². The van der Waals surface area contributed by atoms with Crippen LogP contribution in [0.25, 0.3) is 0 Å². The van der Waals surface area contributed by atoms with Crippen LogP contribution in [-0.2, 0) is 17.8 Å². The number of nitrogens with zero attached hydrogens (tertiary/aromatic N) is 1. The molecule has 0 saturated heterocycles. The van der Waals surface area contributed by atoms with Crippen LogP contribution in [-0.4, -0.2) is 11.1 Å². The molecule has 0 amide bonds. The monoisotopic (exact) mass is 261 g/mol. The van der Waals surface area contributed by atoms with Crippen molar-refractivity contribution < 1.29 is 4.74 Å². The molecule has 3 heteroatoms. The first kappa shape index (κ1) is 13.2. The number of aromatic nitrogens is 1. The molecule has 2 rings (SSSR count).